The molecule has 48 heavy (non-hydrogen) atoms. The molecule has 3 aromatic heterocycles. The van der Waals surface area contributed by atoms with Crippen molar-refractivity contribution in [2.24, 2.45) is 7.05 Å². The lowest BCUT2D eigenvalue weighted by atomic mass is 10.0. The van der Waals surface area contributed by atoms with E-state index in [2.05, 4.69) is 35.8 Å². The van der Waals surface area contributed by atoms with Crippen molar-refractivity contribution in [3.8, 4) is 0 Å². The van der Waals surface area contributed by atoms with Crippen LogP contribution < -0.4 is 26.7 Å². The largest absolute Gasteiger partial charge is 0.378 e. The van der Waals surface area contributed by atoms with Gasteiger partial charge in [-0.1, -0.05) is 38.3 Å². The molecule has 2 fully saturated rings. The van der Waals surface area contributed by atoms with E-state index in [1.54, 1.807) is 11.6 Å². The van der Waals surface area contributed by atoms with E-state index < -0.39 is 0 Å². The Kier molecular flexibility index (Phi) is 8.84. The second kappa shape index (κ2) is 13.2. The number of benzene rings is 2. The molecule has 0 atom stereocenters. The Balaban J connectivity index is 1.31. The molecule has 2 aliphatic heterocycles. The summed E-state index contributed by atoms with van der Waals surface area (Å²) in [7, 11) is 1.74. The Morgan fingerprint density at radius 2 is 1.29 bits per heavy atom. The summed E-state index contributed by atoms with van der Waals surface area (Å²) in [6.45, 7) is 11.5. The van der Waals surface area contributed by atoms with Gasteiger partial charge >= 0.3 is 11.4 Å². The molecular formula is C36H46N8O4. The van der Waals surface area contributed by atoms with E-state index in [1.165, 1.54) is 4.57 Å². The monoisotopic (exact) mass is 654 g/mol. The molecule has 0 radical (unpaired) electrons. The molecule has 12 heteroatoms. The van der Waals surface area contributed by atoms with Crippen molar-refractivity contribution in [2.75, 3.05) is 49.2 Å². The second-order valence-electron chi connectivity index (χ2n) is 13.4. The molecular weight excluding hydrogens is 608 g/mol. The molecule has 12 nitrogen and oxygen atoms in total. The van der Waals surface area contributed by atoms with Gasteiger partial charge in [-0.3, -0.25) is 23.1 Å². The number of aryl methyl sites for hydroxylation is 4. The van der Waals surface area contributed by atoms with Gasteiger partial charge < -0.3 is 14.5 Å². The lowest BCUT2D eigenvalue weighted by Crippen LogP contribution is -2.45. The van der Waals surface area contributed by atoms with Gasteiger partial charge in [-0.05, 0) is 56.9 Å². The fraction of sp³-hybridized carbons (Fsp3) is 0.528. The standard InChI is InChI=1S/C36H46N8O4/c1-5-7-13-42-30-22-26-27(23-31(30)43(36(42)47)14-8-6-2)33(41-17-19-48-20-18-41)38-37-32(26)40-15-11-25(12-16-40)44-34(45)28-21-24(3)9-10-29(28)39(4)35(44)46/h9-10,21-23,25H,5-8,11-20H2,1-4H3. The van der Waals surface area contributed by atoms with Crippen LogP contribution in [-0.2, 0) is 24.9 Å². The summed E-state index contributed by atoms with van der Waals surface area (Å²) in [4.78, 5) is 45.4. The van der Waals surface area contributed by atoms with Crippen LogP contribution in [0.15, 0.2) is 44.7 Å². The summed E-state index contributed by atoms with van der Waals surface area (Å²) in [5.41, 5.74) is 3.03. The first-order chi connectivity index (χ1) is 23.3. The Morgan fingerprint density at radius 1 is 0.729 bits per heavy atom. The Hall–Kier alpha value is -4.45. The number of imidazole rings is 1. The highest BCUT2D eigenvalue weighted by Gasteiger charge is 2.29. The van der Waals surface area contributed by atoms with E-state index >= 15 is 0 Å². The van der Waals surface area contributed by atoms with Gasteiger partial charge in [-0.25, -0.2) is 9.59 Å². The van der Waals surface area contributed by atoms with Gasteiger partial charge in [0, 0.05) is 63.1 Å². The van der Waals surface area contributed by atoms with Crippen LogP contribution in [0.25, 0.3) is 32.7 Å². The molecule has 0 aliphatic carbocycles. The van der Waals surface area contributed by atoms with Crippen molar-refractivity contribution in [3.63, 3.8) is 0 Å². The molecule has 5 aromatic rings. The van der Waals surface area contributed by atoms with E-state index in [0.29, 0.717) is 63.1 Å². The highest BCUT2D eigenvalue weighted by atomic mass is 16.5. The maximum Gasteiger partial charge on any atom is 0.331 e. The maximum atomic E-state index is 13.8. The van der Waals surface area contributed by atoms with Gasteiger partial charge in [0.1, 0.15) is 0 Å². The van der Waals surface area contributed by atoms with Gasteiger partial charge in [0.25, 0.3) is 5.56 Å². The molecule has 2 aromatic carbocycles. The summed E-state index contributed by atoms with van der Waals surface area (Å²) in [6, 6.07) is 9.73. The lowest BCUT2D eigenvalue weighted by Gasteiger charge is -2.34. The summed E-state index contributed by atoms with van der Waals surface area (Å²) in [6.07, 6.45) is 5.10. The topological polar surface area (TPSA) is 112 Å². The van der Waals surface area contributed by atoms with E-state index in [4.69, 9.17) is 14.9 Å². The first kappa shape index (κ1) is 32.1. The zero-order chi connectivity index (χ0) is 33.5. The third kappa shape index (κ3) is 5.49. The van der Waals surface area contributed by atoms with Crippen molar-refractivity contribution in [2.45, 2.75) is 78.4 Å². The summed E-state index contributed by atoms with van der Waals surface area (Å²) < 4.78 is 12.6. The molecule has 0 bridgehead atoms. The van der Waals surface area contributed by atoms with Crippen LogP contribution in [0.4, 0.5) is 11.6 Å². The molecule has 0 N–H and O–H groups in total. The van der Waals surface area contributed by atoms with Crippen molar-refractivity contribution in [1.82, 2.24) is 28.5 Å². The molecule has 0 unspecified atom stereocenters. The zero-order valence-corrected chi connectivity index (χ0v) is 28.6. The van der Waals surface area contributed by atoms with Crippen molar-refractivity contribution < 1.29 is 4.74 Å². The van der Waals surface area contributed by atoms with Crippen molar-refractivity contribution in [1.29, 1.82) is 0 Å². The van der Waals surface area contributed by atoms with Crippen molar-refractivity contribution in [3.05, 3.63) is 67.2 Å². The van der Waals surface area contributed by atoms with Crippen LogP contribution in [0.3, 0.4) is 0 Å². The highest BCUT2D eigenvalue weighted by Crippen LogP contribution is 2.36. The van der Waals surface area contributed by atoms with E-state index in [9.17, 15) is 14.4 Å². The van der Waals surface area contributed by atoms with Crippen LogP contribution in [0, 0.1) is 6.92 Å². The fourth-order valence-corrected chi connectivity index (χ4v) is 7.49. The third-order valence-corrected chi connectivity index (χ3v) is 10.2. The summed E-state index contributed by atoms with van der Waals surface area (Å²) in [5.74, 6) is 1.58. The van der Waals surface area contributed by atoms with Gasteiger partial charge in [0.15, 0.2) is 11.6 Å². The third-order valence-electron chi connectivity index (χ3n) is 10.2. The minimum absolute atomic E-state index is 0.0380. The molecule has 0 amide bonds. The quantitative estimate of drug-likeness (QED) is 0.231. The summed E-state index contributed by atoms with van der Waals surface area (Å²) >= 11 is 0. The van der Waals surface area contributed by atoms with E-state index in [-0.39, 0.29) is 23.0 Å². The minimum atomic E-state index is -0.282. The number of morpholine rings is 1. The number of rotatable bonds is 9. The molecule has 2 aliphatic rings. The predicted molar refractivity (Wildman–Crippen MR) is 191 cm³/mol. The maximum absolute atomic E-state index is 13.8. The average molecular weight is 655 g/mol. The number of hydrogen-bond acceptors (Lipinski definition) is 8. The van der Waals surface area contributed by atoms with Crippen LogP contribution in [0.2, 0.25) is 0 Å². The Bertz CT molecular complexity index is 2160. The minimum Gasteiger partial charge on any atom is -0.378 e. The van der Waals surface area contributed by atoms with Crippen LogP contribution in [0.1, 0.15) is 64.0 Å². The molecule has 7 rings (SSSR count). The number of ether oxygens (including phenoxy) is 1. The number of unbranched alkanes of at least 4 members (excludes halogenated alkanes) is 2. The van der Waals surface area contributed by atoms with E-state index in [0.717, 1.165) is 77.8 Å². The predicted octanol–water partition coefficient (Wildman–Crippen LogP) is 4.35. The Morgan fingerprint density at radius 3 is 1.85 bits per heavy atom. The number of aromatic nitrogens is 6. The van der Waals surface area contributed by atoms with E-state index in [1.807, 2.05) is 34.3 Å². The summed E-state index contributed by atoms with van der Waals surface area (Å²) in [5, 5.41) is 12.2. The van der Waals surface area contributed by atoms with Gasteiger partial charge in [-0.15, -0.1) is 10.2 Å². The number of anilines is 2. The first-order valence-corrected chi connectivity index (χ1v) is 17.5. The second-order valence-corrected chi connectivity index (χ2v) is 13.4. The highest BCUT2D eigenvalue weighted by molar-refractivity contribution is 6.05. The van der Waals surface area contributed by atoms with Crippen LogP contribution in [0.5, 0.6) is 0 Å². The SMILES string of the molecule is CCCCn1c(=O)n(CCCC)c2cc3c(N4CCC(n5c(=O)c6cc(C)ccc6n(C)c5=O)CC4)nnc(N4CCOCC4)c3cc21. The van der Waals surface area contributed by atoms with Crippen LogP contribution in [-0.4, -0.2) is 67.9 Å². The Labute approximate surface area is 279 Å². The molecule has 2 saturated heterocycles. The van der Waals surface area contributed by atoms with Gasteiger partial charge in [0.2, 0.25) is 0 Å². The molecule has 0 spiro atoms. The van der Waals surface area contributed by atoms with Gasteiger partial charge in [-0.2, -0.15) is 0 Å². The average Bonchev–Trinajstić information content (AvgIpc) is 3.36. The smallest absolute Gasteiger partial charge is 0.331 e. The number of piperidine rings is 1. The normalized spacial score (nSPS) is 16.2. The molecule has 5 heterocycles. The fourth-order valence-electron chi connectivity index (χ4n) is 7.49. The number of nitrogens with zero attached hydrogens (tertiary/aromatic N) is 8. The molecule has 254 valence electrons. The van der Waals surface area contributed by atoms with Crippen LogP contribution >= 0.6 is 0 Å². The molecule has 0 saturated carbocycles. The van der Waals surface area contributed by atoms with Gasteiger partial charge in [0.05, 0.1) is 35.2 Å². The van der Waals surface area contributed by atoms with Crippen molar-refractivity contribution >= 4 is 44.3 Å². The number of hydrogen-bond donors (Lipinski definition) is 0. The zero-order valence-electron chi connectivity index (χ0n) is 28.6. The first-order valence-electron chi connectivity index (χ1n) is 17.5. The number of fused-ring (bicyclic) bond motifs is 3. The lowest BCUT2D eigenvalue weighted by molar-refractivity contribution is 0.122.